The molecule has 1 unspecified atom stereocenters. The molecule has 172 valence electrons. The van der Waals surface area contributed by atoms with Crippen LogP contribution in [0, 0.1) is 0 Å². The third kappa shape index (κ3) is 4.71. The SMILES string of the molecule is CC(C)c1ccc(N2CC(c3nc(-c4ccc(OCc5ccccc5)cc4)no3)CC2=O)cc1. The lowest BCUT2D eigenvalue weighted by Gasteiger charge is -2.17. The highest BCUT2D eigenvalue weighted by molar-refractivity contribution is 5.96. The summed E-state index contributed by atoms with van der Waals surface area (Å²) < 4.78 is 11.4. The van der Waals surface area contributed by atoms with E-state index in [9.17, 15) is 4.79 Å². The lowest BCUT2D eigenvalue weighted by molar-refractivity contribution is -0.117. The minimum absolute atomic E-state index is 0.0713. The monoisotopic (exact) mass is 453 g/mol. The number of carbonyl (C=O) groups is 1. The molecule has 1 amide bonds. The van der Waals surface area contributed by atoms with E-state index in [1.807, 2.05) is 66.7 Å². The topological polar surface area (TPSA) is 68.5 Å². The van der Waals surface area contributed by atoms with Crippen LogP contribution in [0.3, 0.4) is 0 Å². The second-order valence-electron chi connectivity index (χ2n) is 8.91. The van der Waals surface area contributed by atoms with Crippen LogP contribution in [-0.2, 0) is 11.4 Å². The molecular formula is C28H27N3O3. The summed E-state index contributed by atoms with van der Waals surface area (Å²) in [5.41, 5.74) is 4.12. The Labute approximate surface area is 199 Å². The molecular weight excluding hydrogens is 426 g/mol. The van der Waals surface area contributed by atoms with Crippen LogP contribution >= 0.6 is 0 Å². The summed E-state index contributed by atoms with van der Waals surface area (Å²) >= 11 is 0. The standard InChI is InChI=1S/C28H27N3O3/c1-19(2)21-8-12-24(13-9-21)31-17-23(16-26(31)32)28-29-27(30-34-28)22-10-14-25(15-11-22)33-18-20-6-4-3-5-7-20/h3-15,19,23H,16-18H2,1-2H3. The van der Waals surface area contributed by atoms with Crippen LogP contribution in [0.25, 0.3) is 11.4 Å². The number of hydrogen-bond donors (Lipinski definition) is 0. The predicted molar refractivity (Wildman–Crippen MR) is 131 cm³/mol. The molecule has 0 saturated carbocycles. The molecule has 0 N–H and O–H groups in total. The number of aromatic nitrogens is 2. The highest BCUT2D eigenvalue weighted by Gasteiger charge is 2.35. The maximum atomic E-state index is 12.7. The quantitative estimate of drug-likeness (QED) is 0.345. The summed E-state index contributed by atoms with van der Waals surface area (Å²) in [5.74, 6) is 2.19. The van der Waals surface area contributed by atoms with Gasteiger partial charge in [-0.25, -0.2) is 0 Å². The number of ether oxygens (including phenoxy) is 1. The van der Waals surface area contributed by atoms with Gasteiger partial charge in [-0.05, 0) is 53.4 Å². The van der Waals surface area contributed by atoms with Crippen LogP contribution in [0.5, 0.6) is 5.75 Å². The van der Waals surface area contributed by atoms with E-state index in [1.165, 1.54) is 5.56 Å². The molecule has 0 radical (unpaired) electrons. The van der Waals surface area contributed by atoms with Crippen molar-refractivity contribution in [3.05, 3.63) is 95.9 Å². The third-order valence-electron chi connectivity index (χ3n) is 6.15. The van der Waals surface area contributed by atoms with Gasteiger partial charge in [-0.15, -0.1) is 0 Å². The molecule has 34 heavy (non-hydrogen) atoms. The van der Waals surface area contributed by atoms with E-state index in [0.717, 1.165) is 22.6 Å². The summed E-state index contributed by atoms with van der Waals surface area (Å²) in [5, 5.41) is 4.15. The number of amides is 1. The average molecular weight is 454 g/mol. The van der Waals surface area contributed by atoms with Crippen molar-refractivity contribution in [2.24, 2.45) is 0 Å². The first kappa shape index (κ1) is 21.9. The lowest BCUT2D eigenvalue weighted by Crippen LogP contribution is -2.24. The van der Waals surface area contributed by atoms with E-state index in [0.29, 0.717) is 37.2 Å². The molecule has 1 aromatic heterocycles. The van der Waals surface area contributed by atoms with E-state index in [-0.39, 0.29) is 11.8 Å². The van der Waals surface area contributed by atoms with Gasteiger partial charge in [0.15, 0.2) is 0 Å². The Morgan fingerprint density at radius 3 is 2.44 bits per heavy atom. The molecule has 1 atom stereocenters. The second kappa shape index (κ2) is 9.51. The van der Waals surface area contributed by atoms with Crippen LogP contribution in [0.1, 0.15) is 49.1 Å². The summed E-state index contributed by atoms with van der Waals surface area (Å²) in [6.07, 6.45) is 0.361. The number of carbonyl (C=O) groups excluding carboxylic acids is 1. The number of anilines is 1. The second-order valence-corrected chi connectivity index (χ2v) is 8.91. The minimum atomic E-state index is -0.119. The van der Waals surface area contributed by atoms with Gasteiger partial charge in [0, 0.05) is 24.2 Å². The van der Waals surface area contributed by atoms with Crippen LogP contribution in [0.2, 0.25) is 0 Å². The van der Waals surface area contributed by atoms with Crippen LogP contribution < -0.4 is 9.64 Å². The van der Waals surface area contributed by atoms with Crippen molar-refractivity contribution >= 4 is 11.6 Å². The van der Waals surface area contributed by atoms with Crippen molar-refractivity contribution in [2.45, 2.75) is 38.7 Å². The number of benzene rings is 3. The van der Waals surface area contributed by atoms with Gasteiger partial charge in [0.2, 0.25) is 17.6 Å². The Bertz CT molecular complexity index is 1250. The fourth-order valence-corrected chi connectivity index (χ4v) is 4.12. The third-order valence-corrected chi connectivity index (χ3v) is 6.15. The molecule has 0 aliphatic carbocycles. The Hall–Kier alpha value is -3.93. The molecule has 5 rings (SSSR count). The van der Waals surface area contributed by atoms with E-state index in [1.54, 1.807) is 4.90 Å². The van der Waals surface area contributed by atoms with Crippen molar-refractivity contribution in [3.63, 3.8) is 0 Å². The zero-order chi connectivity index (χ0) is 23.5. The van der Waals surface area contributed by atoms with Gasteiger partial charge in [0.05, 0.1) is 5.92 Å². The Balaban J connectivity index is 1.23. The van der Waals surface area contributed by atoms with Crippen LogP contribution in [0.15, 0.2) is 83.4 Å². The molecule has 1 aliphatic heterocycles. The maximum Gasteiger partial charge on any atom is 0.232 e. The zero-order valence-electron chi connectivity index (χ0n) is 19.3. The summed E-state index contributed by atoms with van der Waals surface area (Å²) in [6.45, 7) is 5.36. The minimum Gasteiger partial charge on any atom is -0.489 e. The number of hydrogen-bond acceptors (Lipinski definition) is 5. The van der Waals surface area contributed by atoms with E-state index < -0.39 is 0 Å². The van der Waals surface area contributed by atoms with E-state index >= 15 is 0 Å². The first-order valence-corrected chi connectivity index (χ1v) is 11.6. The van der Waals surface area contributed by atoms with Crippen molar-refractivity contribution in [2.75, 3.05) is 11.4 Å². The van der Waals surface area contributed by atoms with Crippen molar-refractivity contribution in [1.29, 1.82) is 0 Å². The van der Waals surface area contributed by atoms with Crippen LogP contribution in [-0.4, -0.2) is 22.6 Å². The largest absolute Gasteiger partial charge is 0.489 e. The van der Waals surface area contributed by atoms with E-state index in [4.69, 9.17) is 9.26 Å². The van der Waals surface area contributed by atoms with Gasteiger partial charge >= 0.3 is 0 Å². The van der Waals surface area contributed by atoms with Gasteiger partial charge in [-0.3, -0.25) is 4.79 Å². The van der Waals surface area contributed by atoms with Gasteiger partial charge in [-0.1, -0.05) is 61.5 Å². The fraction of sp³-hybridized carbons (Fsp3) is 0.250. The normalized spacial score (nSPS) is 15.8. The highest BCUT2D eigenvalue weighted by Crippen LogP contribution is 2.33. The summed E-state index contributed by atoms with van der Waals surface area (Å²) in [6, 6.07) is 25.9. The Morgan fingerprint density at radius 2 is 1.74 bits per heavy atom. The first-order valence-electron chi connectivity index (χ1n) is 11.6. The number of rotatable bonds is 7. The first-order chi connectivity index (χ1) is 16.6. The molecule has 3 aromatic carbocycles. The fourth-order valence-electron chi connectivity index (χ4n) is 4.12. The van der Waals surface area contributed by atoms with Gasteiger partial charge in [0.1, 0.15) is 12.4 Å². The van der Waals surface area contributed by atoms with Gasteiger partial charge < -0.3 is 14.2 Å². The molecule has 0 bridgehead atoms. The van der Waals surface area contributed by atoms with Gasteiger partial charge in [-0.2, -0.15) is 4.98 Å². The van der Waals surface area contributed by atoms with Crippen molar-refractivity contribution < 1.29 is 14.1 Å². The molecule has 6 nitrogen and oxygen atoms in total. The molecule has 1 aliphatic rings. The Kier molecular flexibility index (Phi) is 6.12. The molecule has 1 fully saturated rings. The van der Waals surface area contributed by atoms with Crippen LogP contribution in [0.4, 0.5) is 5.69 Å². The molecule has 6 heteroatoms. The van der Waals surface area contributed by atoms with E-state index in [2.05, 4.69) is 36.1 Å². The zero-order valence-corrected chi connectivity index (χ0v) is 19.3. The molecule has 1 saturated heterocycles. The van der Waals surface area contributed by atoms with Crippen molar-refractivity contribution in [3.8, 4) is 17.1 Å². The molecule has 0 spiro atoms. The Morgan fingerprint density at radius 1 is 1.00 bits per heavy atom. The average Bonchev–Trinajstić information content (AvgIpc) is 3.51. The molecule has 2 heterocycles. The highest BCUT2D eigenvalue weighted by atomic mass is 16.5. The summed E-state index contributed by atoms with van der Waals surface area (Å²) in [4.78, 5) is 19.1. The molecule has 4 aromatic rings. The van der Waals surface area contributed by atoms with Gasteiger partial charge in [0.25, 0.3) is 0 Å². The smallest absolute Gasteiger partial charge is 0.232 e. The number of nitrogens with zero attached hydrogens (tertiary/aromatic N) is 3. The lowest BCUT2D eigenvalue weighted by atomic mass is 10.0. The van der Waals surface area contributed by atoms with Crippen molar-refractivity contribution in [1.82, 2.24) is 10.1 Å². The maximum absolute atomic E-state index is 12.7. The predicted octanol–water partition coefficient (Wildman–Crippen LogP) is 5.96. The summed E-state index contributed by atoms with van der Waals surface area (Å²) in [7, 11) is 0.